The third kappa shape index (κ3) is 1.69. The Kier molecular flexibility index (Phi) is 2.18. The molecule has 0 saturated heterocycles. The second-order valence-electron chi connectivity index (χ2n) is 4.16. The van der Waals surface area contributed by atoms with E-state index in [0.717, 1.165) is 29.7 Å². The van der Waals surface area contributed by atoms with Crippen molar-refractivity contribution in [2.24, 2.45) is 0 Å². The van der Waals surface area contributed by atoms with Gasteiger partial charge in [-0.3, -0.25) is 0 Å². The van der Waals surface area contributed by atoms with Crippen LogP contribution < -0.4 is 4.74 Å². The van der Waals surface area contributed by atoms with Gasteiger partial charge in [-0.15, -0.1) is 0 Å². The van der Waals surface area contributed by atoms with Crippen molar-refractivity contribution >= 4 is 0 Å². The maximum Gasteiger partial charge on any atom is 0.172 e. The first kappa shape index (κ1) is 10.0. The Labute approximate surface area is 98.9 Å². The van der Waals surface area contributed by atoms with Crippen LogP contribution in [-0.4, -0.2) is 10.2 Å². The minimum absolute atomic E-state index is 0.0169. The summed E-state index contributed by atoms with van der Waals surface area (Å²) in [5, 5.41) is 19.3. The number of hydrogen-bond acceptors (Lipinski definition) is 3. The summed E-state index contributed by atoms with van der Waals surface area (Å²) in [6.07, 6.45) is 1.58. The van der Waals surface area contributed by atoms with E-state index in [-0.39, 0.29) is 11.5 Å². The Morgan fingerprint density at radius 2 is 1.71 bits per heavy atom. The van der Waals surface area contributed by atoms with Crippen LogP contribution in [0.5, 0.6) is 23.0 Å². The molecule has 0 saturated carbocycles. The number of aromatic hydroxyl groups is 2. The van der Waals surface area contributed by atoms with Crippen LogP contribution >= 0.6 is 0 Å². The van der Waals surface area contributed by atoms with Crippen LogP contribution in [0.4, 0.5) is 0 Å². The fraction of sp³-hybridized carbons (Fsp3) is 0.143. The number of para-hydroxylation sites is 1. The monoisotopic (exact) mass is 228 g/mol. The lowest BCUT2D eigenvalue weighted by Crippen LogP contribution is -1.89. The van der Waals surface area contributed by atoms with E-state index in [1.165, 1.54) is 6.07 Å². The summed E-state index contributed by atoms with van der Waals surface area (Å²) in [5.41, 5.74) is 1.95. The highest BCUT2D eigenvalue weighted by molar-refractivity contribution is 5.54. The molecule has 2 aromatic carbocycles. The van der Waals surface area contributed by atoms with Gasteiger partial charge in [-0.1, -0.05) is 18.2 Å². The molecule has 2 aromatic rings. The number of benzene rings is 2. The average Bonchev–Trinajstić information content (AvgIpc) is 2.49. The van der Waals surface area contributed by atoms with Gasteiger partial charge in [-0.2, -0.15) is 0 Å². The molecule has 1 aliphatic heterocycles. The van der Waals surface area contributed by atoms with Gasteiger partial charge in [0.25, 0.3) is 0 Å². The van der Waals surface area contributed by atoms with Crippen LogP contribution in [0.15, 0.2) is 36.4 Å². The number of phenolic OH excluding ortho intramolecular Hbond substituents is 2. The molecule has 0 unspecified atom stereocenters. The molecule has 0 aromatic heterocycles. The largest absolute Gasteiger partial charge is 0.508 e. The van der Waals surface area contributed by atoms with Crippen molar-refractivity contribution in [3.63, 3.8) is 0 Å². The summed E-state index contributed by atoms with van der Waals surface area (Å²) in [5.74, 6) is 1.27. The molecule has 0 atom stereocenters. The maximum atomic E-state index is 9.80. The predicted octanol–water partition coefficient (Wildman–Crippen LogP) is 2.99. The minimum atomic E-state index is -0.0169. The van der Waals surface area contributed by atoms with Crippen molar-refractivity contribution < 1.29 is 14.9 Å². The number of ether oxygens (including phenoxy) is 1. The first-order valence-electron chi connectivity index (χ1n) is 5.54. The van der Waals surface area contributed by atoms with Crippen molar-refractivity contribution in [3.05, 3.63) is 47.5 Å². The van der Waals surface area contributed by atoms with E-state index in [2.05, 4.69) is 0 Å². The van der Waals surface area contributed by atoms with Gasteiger partial charge in [-0.05, 0) is 30.5 Å². The van der Waals surface area contributed by atoms with Crippen molar-refractivity contribution in [1.82, 2.24) is 0 Å². The second-order valence-corrected chi connectivity index (χ2v) is 4.16. The summed E-state index contributed by atoms with van der Waals surface area (Å²) in [6.45, 7) is 0. The van der Waals surface area contributed by atoms with E-state index in [9.17, 15) is 10.2 Å². The third-order valence-electron chi connectivity index (χ3n) is 2.98. The molecule has 0 fully saturated rings. The van der Waals surface area contributed by atoms with E-state index in [0.29, 0.717) is 5.75 Å². The third-order valence-corrected chi connectivity index (χ3v) is 2.98. The van der Waals surface area contributed by atoms with Gasteiger partial charge in [-0.25, -0.2) is 0 Å². The molecule has 17 heavy (non-hydrogen) atoms. The molecule has 2 N–H and O–H groups in total. The van der Waals surface area contributed by atoms with E-state index < -0.39 is 0 Å². The number of fused-ring (bicyclic) bond motifs is 2. The zero-order valence-electron chi connectivity index (χ0n) is 9.18. The maximum absolute atomic E-state index is 9.80. The lowest BCUT2D eigenvalue weighted by Gasteiger charge is -2.10. The molecular formula is C14H12O3. The molecule has 0 radical (unpaired) electrons. The standard InChI is InChI=1S/C14H12O3/c15-11-7-10-6-5-9-3-1-2-4-13(9)17-14(10)12(16)8-11/h1-4,7-8,15-16H,5-6H2. The SMILES string of the molecule is Oc1cc(O)c2c(c1)CCc1ccccc1O2. The van der Waals surface area contributed by atoms with Crippen LogP contribution in [0.1, 0.15) is 11.1 Å². The quantitative estimate of drug-likeness (QED) is 0.728. The van der Waals surface area contributed by atoms with Crippen molar-refractivity contribution in [3.8, 4) is 23.0 Å². The van der Waals surface area contributed by atoms with Crippen LogP contribution in [0, 0.1) is 0 Å². The van der Waals surface area contributed by atoms with Gasteiger partial charge in [0.2, 0.25) is 0 Å². The van der Waals surface area contributed by atoms with E-state index in [1.54, 1.807) is 6.07 Å². The zero-order valence-corrected chi connectivity index (χ0v) is 9.18. The lowest BCUT2D eigenvalue weighted by atomic mass is 10.0. The highest BCUT2D eigenvalue weighted by Crippen LogP contribution is 2.41. The van der Waals surface area contributed by atoms with E-state index in [4.69, 9.17) is 4.74 Å². The molecule has 0 spiro atoms. The number of rotatable bonds is 0. The highest BCUT2D eigenvalue weighted by atomic mass is 16.5. The first-order chi connectivity index (χ1) is 8.24. The smallest absolute Gasteiger partial charge is 0.172 e. The second kappa shape index (κ2) is 3.70. The van der Waals surface area contributed by atoms with Crippen LogP contribution in [0.25, 0.3) is 0 Å². The molecule has 0 bridgehead atoms. The Balaban J connectivity index is 2.14. The molecular weight excluding hydrogens is 216 g/mol. The molecule has 1 aliphatic rings. The van der Waals surface area contributed by atoms with E-state index in [1.807, 2.05) is 24.3 Å². The Morgan fingerprint density at radius 1 is 0.941 bits per heavy atom. The summed E-state index contributed by atoms with van der Waals surface area (Å²) in [4.78, 5) is 0. The van der Waals surface area contributed by atoms with Gasteiger partial charge in [0.05, 0.1) is 0 Å². The van der Waals surface area contributed by atoms with Gasteiger partial charge >= 0.3 is 0 Å². The number of aryl methyl sites for hydroxylation is 2. The normalized spacial score (nSPS) is 13.2. The lowest BCUT2D eigenvalue weighted by molar-refractivity contribution is 0.401. The van der Waals surface area contributed by atoms with Gasteiger partial charge < -0.3 is 14.9 Å². The fourth-order valence-corrected chi connectivity index (χ4v) is 2.15. The number of phenols is 2. The minimum Gasteiger partial charge on any atom is -0.508 e. The predicted molar refractivity (Wildman–Crippen MR) is 63.7 cm³/mol. The number of hydrogen-bond donors (Lipinski definition) is 2. The van der Waals surface area contributed by atoms with Crippen molar-refractivity contribution in [2.45, 2.75) is 12.8 Å². The van der Waals surface area contributed by atoms with Gasteiger partial charge in [0, 0.05) is 11.6 Å². The average molecular weight is 228 g/mol. The van der Waals surface area contributed by atoms with Crippen molar-refractivity contribution in [1.29, 1.82) is 0 Å². The molecule has 3 heteroatoms. The molecule has 3 nitrogen and oxygen atoms in total. The summed E-state index contributed by atoms with van der Waals surface area (Å²) < 4.78 is 5.73. The highest BCUT2D eigenvalue weighted by Gasteiger charge is 2.18. The van der Waals surface area contributed by atoms with Crippen LogP contribution in [-0.2, 0) is 12.8 Å². The van der Waals surface area contributed by atoms with Crippen LogP contribution in [0.3, 0.4) is 0 Å². The van der Waals surface area contributed by atoms with Gasteiger partial charge in [0.1, 0.15) is 11.5 Å². The molecule has 1 heterocycles. The Bertz CT molecular complexity index is 576. The summed E-state index contributed by atoms with van der Waals surface area (Å²) in [6, 6.07) is 10.7. The first-order valence-corrected chi connectivity index (χ1v) is 5.54. The molecule has 3 rings (SSSR count). The van der Waals surface area contributed by atoms with Crippen molar-refractivity contribution in [2.75, 3.05) is 0 Å². The fourth-order valence-electron chi connectivity index (χ4n) is 2.15. The topological polar surface area (TPSA) is 49.7 Å². The molecule has 0 aliphatic carbocycles. The molecule has 0 amide bonds. The summed E-state index contributed by atoms with van der Waals surface area (Å²) in [7, 11) is 0. The van der Waals surface area contributed by atoms with Gasteiger partial charge in [0.15, 0.2) is 11.5 Å². The Morgan fingerprint density at radius 3 is 2.59 bits per heavy atom. The van der Waals surface area contributed by atoms with Crippen LogP contribution in [0.2, 0.25) is 0 Å². The summed E-state index contributed by atoms with van der Waals surface area (Å²) >= 11 is 0. The zero-order chi connectivity index (χ0) is 11.8. The van der Waals surface area contributed by atoms with E-state index >= 15 is 0 Å². The molecule has 86 valence electrons. The Hall–Kier alpha value is -2.16.